The van der Waals surface area contributed by atoms with Gasteiger partial charge in [-0.15, -0.1) is 11.3 Å². The Morgan fingerprint density at radius 1 is 1.14 bits per heavy atom. The van der Waals surface area contributed by atoms with Crippen LogP contribution in [-0.4, -0.2) is 59.2 Å². The number of thiophene rings is 1. The molecule has 5 nitrogen and oxygen atoms in total. The third kappa shape index (κ3) is 6.72. The average Bonchev–Trinajstić information content (AvgIpc) is 3.33. The maximum Gasteiger partial charge on any atom is 0.237 e. The predicted molar refractivity (Wildman–Crippen MR) is 142 cm³/mol. The standard InChI is InChI=1S/C29H36N2O3S/c1-21(2)30(18-24(32)17-23-7-5-4-6-8-23)19-29(33)31-15-13-28-26(14-16-35-28)27(31)20-34-25-11-9-22(3)10-12-25/h4-12,14,16,21,24,27,32H,13,15,17-20H2,1-3H3/t24-,27+/m0/s1. The number of nitrogens with zero attached hydrogens (tertiary/aromatic N) is 2. The normalized spacial score (nSPS) is 16.4. The van der Waals surface area contributed by atoms with Crippen LogP contribution in [0.15, 0.2) is 66.0 Å². The van der Waals surface area contributed by atoms with Gasteiger partial charge in [-0.05, 0) is 68.3 Å². The van der Waals surface area contributed by atoms with Crippen molar-refractivity contribution in [3.8, 4) is 5.75 Å². The highest BCUT2D eigenvalue weighted by Crippen LogP contribution is 2.34. The highest BCUT2D eigenvalue weighted by Gasteiger charge is 2.33. The van der Waals surface area contributed by atoms with Crippen LogP contribution >= 0.6 is 11.3 Å². The summed E-state index contributed by atoms with van der Waals surface area (Å²) >= 11 is 1.76. The van der Waals surface area contributed by atoms with Gasteiger partial charge in [-0.25, -0.2) is 0 Å². The molecule has 4 rings (SSSR count). The summed E-state index contributed by atoms with van der Waals surface area (Å²) in [6.07, 6.45) is 0.920. The molecule has 2 heterocycles. The highest BCUT2D eigenvalue weighted by molar-refractivity contribution is 7.10. The summed E-state index contributed by atoms with van der Waals surface area (Å²) in [5.41, 5.74) is 3.49. The van der Waals surface area contributed by atoms with Gasteiger partial charge in [0.1, 0.15) is 12.4 Å². The number of carbonyl (C=O) groups excluding carboxylic acids is 1. The van der Waals surface area contributed by atoms with E-state index in [1.165, 1.54) is 16.0 Å². The van der Waals surface area contributed by atoms with E-state index in [9.17, 15) is 9.90 Å². The van der Waals surface area contributed by atoms with Crippen LogP contribution in [-0.2, 0) is 17.6 Å². The smallest absolute Gasteiger partial charge is 0.237 e. The zero-order chi connectivity index (χ0) is 24.8. The number of amides is 1. The van der Waals surface area contributed by atoms with Gasteiger partial charge in [0, 0.05) is 24.0 Å². The quantitative estimate of drug-likeness (QED) is 0.439. The van der Waals surface area contributed by atoms with E-state index in [2.05, 4.69) is 37.1 Å². The lowest BCUT2D eigenvalue weighted by Crippen LogP contribution is -2.49. The SMILES string of the molecule is Cc1ccc(OC[C@@H]2c3ccsc3CCN2C(=O)CN(C[C@@H](O)Cc2ccccc2)C(C)C)cc1. The molecule has 35 heavy (non-hydrogen) atoms. The van der Waals surface area contributed by atoms with E-state index in [0.29, 0.717) is 26.1 Å². The van der Waals surface area contributed by atoms with Gasteiger partial charge in [0.05, 0.1) is 18.7 Å². The third-order valence-electron chi connectivity index (χ3n) is 6.67. The molecule has 186 valence electrons. The van der Waals surface area contributed by atoms with E-state index in [1.807, 2.05) is 59.5 Å². The van der Waals surface area contributed by atoms with Gasteiger partial charge in [-0.3, -0.25) is 9.69 Å². The lowest BCUT2D eigenvalue weighted by atomic mass is 10.00. The van der Waals surface area contributed by atoms with Crippen LogP contribution in [0.5, 0.6) is 5.75 Å². The van der Waals surface area contributed by atoms with Crippen molar-refractivity contribution in [2.75, 3.05) is 26.2 Å². The molecule has 0 aliphatic carbocycles. The monoisotopic (exact) mass is 492 g/mol. The predicted octanol–water partition coefficient (Wildman–Crippen LogP) is 4.88. The Morgan fingerprint density at radius 2 is 1.89 bits per heavy atom. The van der Waals surface area contributed by atoms with E-state index in [1.54, 1.807) is 11.3 Å². The molecule has 6 heteroatoms. The first kappa shape index (κ1) is 25.4. The van der Waals surface area contributed by atoms with Crippen LogP contribution in [0.2, 0.25) is 0 Å². The molecule has 0 radical (unpaired) electrons. The van der Waals surface area contributed by atoms with Gasteiger partial charge in [0.2, 0.25) is 5.91 Å². The Hall–Kier alpha value is -2.67. The number of aliphatic hydroxyl groups is 1. The molecule has 1 N–H and O–H groups in total. The Labute approximate surface area is 213 Å². The summed E-state index contributed by atoms with van der Waals surface area (Å²) in [6.45, 7) is 8.07. The summed E-state index contributed by atoms with van der Waals surface area (Å²) in [7, 11) is 0. The molecular weight excluding hydrogens is 456 g/mol. The number of fused-ring (bicyclic) bond motifs is 1. The fourth-order valence-electron chi connectivity index (χ4n) is 4.63. The summed E-state index contributed by atoms with van der Waals surface area (Å²) in [6, 6.07) is 20.2. The Bertz CT molecular complexity index is 1080. The fourth-order valence-corrected chi connectivity index (χ4v) is 5.56. The number of carbonyl (C=O) groups is 1. The first-order chi connectivity index (χ1) is 16.9. The molecule has 1 amide bonds. The van der Waals surface area contributed by atoms with Crippen molar-refractivity contribution < 1.29 is 14.6 Å². The van der Waals surface area contributed by atoms with Crippen LogP contribution in [0.1, 0.15) is 41.5 Å². The number of hydrogen-bond donors (Lipinski definition) is 1. The van der Waals surface area contributed by atoms with Gasteiger partial charge >= 0.3 is 0 Å². The first-order valence-corrected chi connectivity index (χ1v) is 13.3. The third-order valence-corrected chi connectivity index (χ3v) is 7.67. The minimum Gasteiger partial charge on any atom is -0.491 e. The van der Waals surface area contributed by atoms with Crippen molar-refractivity contribution in [3.05, 3.63) is 87.6 Å². The Morgan fingerprint density at radius 3 is 2.60 bits per heavy atom. The molecule has 3 aromatic rings. The van der Waals surface area contributed by atoms with Crippen LogP contribution < -0.4 is 4.74 Å². The van der Waals surface area contributed by atoms with Crippen LogP contribution in [0, 0.1) is 6.92 Å². The number of benzene rings is 2. The van der Waals surface area contributed by atoms with Crippen molar-refractivity contribution in [1.82, 2.24) is 9.80 Å². The van der Waals surface area contributed by atoms with Crippen molar-refractivity contribution in [2.24, 2.45) is 0 Å². The topological polar surface area (TPSA) is 53.0 Å². The van der Waals surface area contributed by atoms with Crippen molar-refractivity contribution in [1.29, 1.82) is 0 Å². The van der Waals surface area contributed by atoms with Crippen molar-refractivity contribution >= 4 is 17.2 Å². The van der Waals surface area contributed by atoms with E-state index in [4.69, 9.17) is 4.74 Å². The first-order valence-electron chi connectivity index (χ1n) is 12.4. The van der Waals surface area contributed by atoms with E-state index in [0.717, 1.165) is 17.7 Å². The maximum atomic E-state index is 13.6. The summed E-state index contributed by atoms with van der Waals surface area (Å²) < 4.78 is 6.15. The highest BCUT2D eigenvalue weighted by atomic mass is 32.1. The second kappa shape index (κ2) is 11.8. The van der Waals surface area contributed by atoms with Crippen LogP contribution in [0.3, 0.4) is 0 Å². The van der Waals surface area contributed by atoms with E-state index >= 15 is 0 Å². The zero-order valence-electron chi connectivity index (χ0n) is 20.9. The summed E-state index contributed by atoms with van der Waals surface area (Å²) in [5, 5.41) is 12.9. The van der Waals surface area contributed by atoms with Crippen molar-refractivity contribution in [3.63, 3.8) is 0 Å². The summed E-state index contributed by atoms with van der Waals surface area (Å²) in [5.74, 6) is 0.901. The molecule has 0 fully saturated rings. The molecule has 2 atom stereocenters. The van der Waals surface area contributed by atoms with E-state index in [-0.39, 0.29) is 24.5 Å². The molecule has 2 aromatic carbocycles. The number of aryl methyl sites for hydroxylation is 1. The van der Waals surface area contributed by atoms with Crippen LogP contribution in [0.4, 0.5) is 0 Å². The molecule has 0 bridgehead atoms. The fraction of sp³-hybridized carbons (Fsp3) is 0.414. The Balaban J connectivity index is 1.43. The van der Waals surface area contributed by atoms with Gasteiger partial charge in [-0.1, -0.05) is 48.0 Å². The minimum absolute atomic E-state index is 0.0833. The van der Waals surface area contributed by atoms with Gasteiger partial charge in [-0.2, -0.15) is 0 Å². The molecule has 0 saturated heterocycles. The average molecular weight is 493 g/mol. The molecule has 1 aliphatic rings. The van der Waals surface area contributed by atoms with Gasteiger partial charge in [0.15, 0.2) is 0 Å². The van der Waals surface area contributed by atoms with E-state index < -0.39 is 6.10 Å². The number of rotatable bonds is 10. The second-order valence-corrected chi connectivity index (χ2v) is 10.6. The largest absolute Gasteiger partial charge is 0.491 e. The maximum absolute atomic E-state index is 13.6. The summed E-state index contributed by atoms with van der Waals surface area (Å²) in [4.78, 5) is 19.0. The molecule has 1 aromatic heterocycles. The van der Waals surface area contributed by atoms with Crippen LogP contribution in [0.25, 0.3) is 0 Å². The lowest BCUT2D eigenvalue weighted by Gasteiger charge is -2.38. The number of aliphatic hydroxyl groups excluding tert-OH is 1. The van der Waals surface area contributed by atoms with Crippen molar-refractivity contribution in [2.45, 2.75) is 51.8 Å². The Kier molecular flexibility index (Phi) is 8.60. The lowest BCUT2D eigenvalue weighted by molar-refractivity contribution is -0.137. The van der Waals surface area contributed by atoms with Gasteiger partial charge < -0.3 is 14.7 Å². The zero-order valence-corrected chi connectivity index (χ0v) is 21.7. The second-order valence-electron chi connectivity index (χ2n) is 9.64. The molecule has 0 unspecified atom stereocenters. The number of ether oxygens (including phenoxy) is 1. The molecular formula is C29H36N2O3S. The van der Waals surface area contributed by atoms with Gasteiger partial charge in [0.25, 0.3) is 0 Å². The molecule has 1 aliphatic heterocycles. The number of hydrogen-bond acceptors (Lipinski definition) is 5. The molecule has 0 spiro atoms. The minimum atomic E-state index is -0.530. The molecule has 0 saturated carbocycles.